The van der Waals surface area contributed by atoms with Crippen LogP contribution in [0.4, 0.5) is 0 Å². The molecular formula is C13H17BrO3. The number of hydrogen-bond donors (Lipinski definition) is 1. The van der Waals surface area contributed by atoms with Gasteiger partial charge in [0.05, 0.1) is 10.6 Å². The van der Waals surface area contributed by atoms with E-state index in [-0.39, 0.29) is 12.2 Å². The van der Waals surface area contributed by atoms with Gasteiger partial charge in [-0.1, -0.05) is 19.1 Å². The van der Waals surface area contributed by atoms with E-state index < -0.39 is 6.10 Å². The second-order valence-corrected chi connectivity index (χ2v) is 5.08. The predicted molar refractivity (Wildman–Crippen MR) is 69.2 cm³/mol. The van der Waals surface area contributed by atoms with Crippen molar-refractivity contribution >= 4 is 15.9 Å². The summed E-state index contributed by atoms with van der Waals surface area (Å²) in [7, 11) is 0. The van der Waals surface area contributed by atoms with Crippen molar-refractivity contribution in [1.82, 2.24) is 0 Å². The fraction of sp³-hybridized carbons (Fsp3) is 0.538. The molecule has 94 valence electrons. The first-order valence-corrected chi connectivity index (χ1v) is 6.72. The van der Waals surface area contributed by atoms with Crippen LogP contribution >= 0.6 is 15.9 Å². The Morgan fingerprint density at radius 3 is 2.82 bits per heavy atom. The van der Waals surface area contributed by atoms with Crippen molar-refractivity contribution in [2.24, 2.45) is 0 Å². The van der Waals surface area contributed by atoms with Gasteiger partial charge in [0, 0.05) is 13.0 Å². The lowest BCUT2D eigenvalue weighted by Gasteiger charge is -2.40. The van der Waals surface area contributed by atoms with E-state index in [9.17, 15) is 5.11 Å². The summed E-state index contributed by atoms with van der Waals surface area (Å²) in [4.78, 5) is 0. The van der Waals surface area contributed by atoms with Crippen molar-refractivity contribution in [1.29, 1.82) is 0 Å². The highest BCUT2D eigenvalue weighted by molar-refractivity contribution is 9.10. The Labute approximate surface area is 110 Å². The lowest BCUT2D eigenvalue weighted by molar-refractivity contribution is -0.162. The minimum Gasteiger partial charge on any atom is -0.486 e. The minimum absolute atomic E-state index is 0.0461. The molecule has 3 atom stereocenters. The normalized spacial score (nSPS) is 27.6. The van der Waals surface area contributed by atoms with Gasteiger partial charge in [-0.05, 0) is 34.5 Å². The number of hydrogen-bond acceptors (Lipinski definition) is 3. The van der Waals surface area contributed by atoms with E-state index in [1.54, 1.807) is 0 Å². The molecule has 17 heavy (non-hydrogen) atoms. The lowest BCUT2D eigenvalue weighted by Crippen LogP contribution is -2.55. The summed E-state index contributed by atoms with van der Waals surface area (Å²) in [6, 6.07) is 7.72. The average Bonchev–Trinajstić information content (AvgIpc) is 2.31. The quantitative estimate of drug-likeness (QED) is 0.909. The number of para-hydroxylation sites is 1. The molecule has 0 bridgehead atoms. The fourth-order valence-corrected chi connectivity index (χ4v) is 2.23. The molecule has 2 rings (SSSR count). The molecule has 0 saturated heterocycles. The van der Waals surface area contributed by atoms with Crippen LogP contribution in [-0.2, 0) is 4.74 Å². The summed E-state index contributed by atoms with van der Waals surface area (Å²) in [6.07, 6.45) is 0.951. The summed E-state index contributed by atoms with van der Waals surface area (Å²) in [5, 5.41) is 9.64. The number of ether oxygens (including phenoxy) is 2. The van der Waals surface area contributed by atoms with E-state index in [1.807, 2.05) is 24.3 Å². The largest absolute Gasteiger partial charge is 0.486 e. The van der Waals surface area contributed by atoms with Crippen LogP contribution in [-0.4, -0.2) is 30.0 Å². The monoisotopic (exact) mass is 300 g/mol. The summed E-state index contributed by atoms with van der Waals surface area (Å²) in [5.41, 5.74) is 0. The van der Waals surface area contributed by atoms with Gasteiger partial charge in [0.2, 0.25) is 0 Å². The average molecular weight is 301 g/mol. The van der Waals surface area contributed by atoms with Crippen molar-refractivity contribution in [3.05, 3.63) is 28.7 Å². The summed E-state index contributed by atoms with van der Waals surface area (Å²) in [5.74, 6) is 0.800. The van der Waals surface area contributed by atoms with Crippen molar-refractivity contribution < 1.29 is 14.6 Å². The number of aliphatic hydroxyl groups is 1. The molecule has 1 aromatic rings. The van der Waals surface area contributed by atoms with Crippen LogP contribution in [0.3, 0.4) is 0 Å². The van der Waals surface area contributed by atoms with Crippen LogP contribution in [0.5, 0.6) is 5.75 Å². The molecule has 0 heterocycles. The van der Waals surface area contributed by atoms with Gasteiger partial charge in [0.25, 0.3) is 0 Å². The van der Waals surface area contributed by atoms with E-state index in [0.717, 1.165) is 16.6 Å². The predicted octanol–water partition coefficient (Wildman–Crippen LogP) is 2.76. The molecular weight excluding hydrogens is 284 g/mol. The number of aliphatic hydroxyl groups excluding tert-OH is 1. The first-order valence-electron chi connectivity index (χ1n) is 5.93. The molecule has 0 amide bonds. The zero-order valence-corrected chi connectivity index (χ0v) is 11.4. The molecule has 0 aromatic heterocycles. The van der Waals surface area contributed by atoms with Crippen LogP contribution in [0.25, 0.3) is 0 Å². The van der Waals surface area contributed by atoms with Gasteiger partial charge in [-0.3, -0.25) is 0 Å². The highest BCUT2D eigenvalue weighted by Crippen LogP contribution is 2.32. The molecule has 1 saturated carbocycles. The van der Waals surface area contributed by atoms with Crippen molar-refractivity contribution in [2.75, 3.05) is 6.61 Å². The highest BCUT2D eigenvalue weighted by Gasteiger charge is 2.42. The molecule has 1 fully saturated rings. The number of benzene rings is 1. The van der Waals surface area contributed by atoms with Gasteiger partial charge >= 0.3 is 0 Å². The molecule has 0 radical (unpaired) electrons. The molecule has 0 spiro atoms. The molecule has 1 N–H and O–H groups in total. The third kappa shape index (κ3) is 3.00. The molecule has 3 nitrogen and oxygen atoms in total. The minimum atomic E-state index is -0.394. The van der Waals surface area contributed by atoms with Gasteiger partial charge in [-0.25, -0.2) is 0 Å². The number of halogens is 1. The molecule has 1 aromatic carbocycles. The Morgan fingerprint density at radius 2 is 2.18 bits per heavy atom. The van der Waals surface area contributed by atoms with Gasteiger partial charge in [-0.2, -0.15) is 0 Å². The molecule has 0 aliphatic heterocycles. The topological polar surface area (TPSA) is 38.7 Å². The first-order chi connectivity index (χ1) is 8.22. The van der Waals surface area contributed by atoms with Crippen LogP contribution in [0.15, 0.2) is 28.7 Å². The lowest BCUT2D eigenvalue weighted by atomic mass is 9.88. The van der Waals surface area contributed by atoms with Gasteiger partial charge < -0.3 is 14.6 Å². The van der Waals surface area contributed by atoms with E-state index >= 15 is 0 Å². The van der Waals surface area contributed by atoms with Crippen molar-refractivity contribution in [2.45, 2.75) is 38.1 Å². The maximum Gasteiger partial charge on any atom is 0.134 e. The second-order valence-electron chi connectivity index (χ2n) is 4.23. The maximum absolute atomic E-state index is 9.64. The SMILES string of the molecule is CCCOC1C(O)CC1Oc1ccccc1Br. The Balaban J connectivity index is 1.93. The smallest absolute Gasteiger partial charge is 0.134 e. The summed E-state index contributed by atoms with van der Waals surface area (Å²) in [6.45, 7) is 2.71. The van der Waals surface area contributed by atoms with E-state index in [1.165, 1.54) is 0 Å². The van der Waals surface area contributed by atoms with E-state index in [4.69, 9.17) is 9.47 Å². The zero-order valence-electron chi connectivity index (χ0n) is 9.80. The Morgan fingerprint density at radius 1 is 1.41 bits per heavy atom. The summed E-state index contributed by atoms with van der Waals surface area (Å²) >= 11 is 3.44. The van der Waals surface area contributed by atoms with Crippen LogP contribution < -0.4 is 4.74 Å². The van der Waals surface area contributed by atoms with E-state index in [0.29, 0.717) is 13.0 Å². The van der Waals surface area contributed by atoms with Gasteiger partial charge in [0.15, 0.2) is 0 Å². The van der Waals surface area contributed by atoms with Crippen LogP contribution in [0, 0.1) is 0 Å². The second kappa shape index (κ2) is 5.85. The fourth-order valence-electron chi connectivity index (χ4n) is 1.85. The number of rotatable bonds is 5. The molecule has 4 heteroatoms. The molecule has 3 unspecified atom stereocenters. The third-order valence-electron chi connectivity index (χ3n) is 2.85. The highest BCUT2D eigenvalue weighted by atomic mass is 79.9. The van der Waals surface area contributed by atoms with Gasteiger partial charge in [0.1, 0.15) is 18.0 Å². The zero-order chi connectivity index (χ0) is 12.3. The molecule has 1 aliphatic carbocycles. The standard InChI is InChI=1S/C13H17BrO3/c1-2-7-16-13-10(15)8-12(13)17-11-6-4-3-5-9(11)14/h3-6,10,12-13,15H,2,7-8H2,1H3. The van der Waals surface area contributed by atoms with E-state index in [2.05, 4.69) is 22.9 Å². The maximum atomic E-state index is 9.64. The first kappa shape index (κ1) is 12.9. The Kier molecular flexibility index (Phi) is 4.42. The molecule has 1 aliphatic rings. The van der Waals surface area contributed by atoms with Crippen LogP contribution in [0.1, 0.15) is 19.8 Å². The summed E-state index contributed by atoms with van der Waals surface area (Å²) < 4.78 is 12.3. The van der Waals surface area contributed by atoms with Crippen molar-refractivity contribution in [3.8, 4) is 5.75 Å². The van der Waals surface area contributed by atoms with Crippen molar-refractivity contribution in [3.63, 3.8) is 0 Å². The van der Waals surface area contributed by atoms with Gasteiger partial charge in [-0.15, -0.1) is 0 Å². The van der Waals surface area contributed by atoms with Crippen LogP contribution in [0.2, 0.25) is 0 Å². The third-order valence-corrected chi connectivity index (χ3v) is 3.50. The Hall–Kier alpha value is -0.580. The Bertz CT molecular complexity index is 369.